The van der Waals surface area contributed by atoms with Crippen molar-refractivity contribution in [2.24, 2.45) is 0 Å². The predicted molar refractivity (Wildman–Crippen MR) is 115 cm³/mol. The number of sulfonamides is 1. The zero-order chi connectivity index (χ0) is 21.2. The molecule has 0 unspecified atom stereocenters. The highest BCUT2D eigenvalue weighted by atomic mass is 32.2. The molecule has 0 saturated carbocycles. The van der Waals surface area contributed by atoms with Gasteiger partial charge < -0.3 is 9.84 Å². The fourth-order valence-electron chi connectivity index (χ4n) is 3.56. The number of carbonyl (C=O) groups is 1. The van der Waals surface area contributed by atoms with Crippen LogP contribution >= 0.6 is 11.8 Å². The van der Waals surface area contributed by atoms with Gasteiger partial charge in [0.2, 0.25) is 10.0 Å². The molecular formula is C21H25NO5S2. The van der Waals surface area contributed by atoms with Crippen molar-refractivity contribution < 1.29 is 23.1 Å². The van der Waals surface area contributed by atoms with Crippen LogP contribution in [-0.2, 0) is 14.8 Å². The molecule has 0 spiro atoms. The van der Waals surface area contributed by atoms with Crippen molar-refractivity contribution >= 4 is 27.8 Å². The van der Waals surface area contributed by atoms with E-state index < -0.39 is 26.8 Å². The third-order valence-corrected chi connectivity index (χ3v) is 8.16. The van der Waals surface area contributed by atoms with Gasteiger partial charge in [0.25, 0.3) is 0 Å². The highest BCUT2D eigenvalue weighted by Crippen LogP contribution is 2.38. The lowest BCUT2D eigenvalue weighted by Crippen LogP contribution is -2.58. The number of aliphatic carboxylic acids is 1. The van der Waals surface area contributed by atoms with Crippen molar-refractivity contribution in [3.05, 3.63) is 48.5 Å². The third-order valence-electron chi connectivity index (χ3n) is 4.92. The van der Waals surface area contributed by atoms with Crippen LogP contribution in [0.1, 0.15) is 20.8 Å². The molecule has 1 N–H and O–H groups in total. The number of nitrogens with zero attached hydrogens (tertiary/aromatic N) is 1. The summed E-state index contributed by atoms with van der Waals surface area (Å²) in [7, 11) is -3.94. The van der Waals surface area contributed by atoms with Crippen LogP contribution in [0.25, 0.3) is 11.1 Å². The summed E-state index contributed by atoms with van der Waals surface area (Å²) in [6.45, 7) is 6.15. The smallest absolute Gasteiger partial charge is 0.323 e. The summed E-state index contributed by atoms with van der Waals surface area (Å²) in [5, 5.41) is 9.70. The van der Waals surface area contributed by atoms with Gasteiger partial charge in [0.05, 0.1) is 11.5 Å². The Hall–Kier alpha value is -2.03. The van der Waals surface area contributed by atoms with Gasteiger partial charge in [-0.3, -0.25) is 4.79 Å². The maximum absolute atomic E-state index is 13.2. The first-order chi connectivity index (χ1) is 13.7. The van der Waals surface area contributed by atoms with E-state index in [1.165, 1.54) is 23.9 Å². The molecular weight excluding hydrogens is 410 g/mol. The fourth-order valence-corrected chi connectivity index (χ4v) is 6.66. The van der Waals surface area contributed by atoms with Crippen LogP contribution in [0.3, 0.4) is 0 Å². The molecule has 6 nitrogen and oxygen atoms in total. The maximum atomic E-state index is 13.2. The molecule has 2 aromatic rings. The van der Waals surface area contributed by atoms with Gasteiger partial charge in [-0.1, -0.05) is 30.3 Å². The normalized spacial score (nSPS) is 19.6. The zero-order valence-corrected chi connectivity index (χ0v) is 18.3. The van der Waals surface area contributed by atoms with Crippen molar-refractivity contribution in [1.29, 1.82) is 0 Å². The van der Waals surface area contributed by atoms with E-state index in [0.717, 1.165) is 21.2 Å². The van der Waals surface area contributed by atoms with Gasteiger partial charge in [-0.15, -0.1) is 0 Å². The number of hydrogen-bond donors (Lipinski definition) is 1. The minimum Gasteiger partial charge on any atom is -0.493 e. The van der Waals surface area contributed by atoms with Gasteiger partial charge in [0, 0.05) is 22.6 Å². The van der Waals surface area contributed by atoms with Gasteiger partial charge in [-0.05, 0) is 44.5 Å². The predicted octanol–water partition coefficient (Wildman–Crippen LogP) is 3.72. The molecule has 1 fully saturated rings. The molecule has 2 aromatic carbocycles. The second kappa shape index (κ2) is 8.38. The molecule has 0 aromatic heterocycles. The van der Waals surface area contributed by atoms with Gasteiger partial charge in [0.1, 0.15) is 11.8 Å². The number of rotatable bonds is 6. The lowest BCUT2D eigenvalue weighted by Gasteiger charge is -2.42. The molecule has 1 saturated heterocycles. The van der Waals surface area contributed by atoms with Gasteiger partial charge in [-0.2, -0.15) is 16.1 Å². The van der Waals surface area contributed by atoms with E-state index >= 15 is 0 Å². The van der Waals surface area contributed by atoms with Crippen molar-refractivity contribution in [2.45, 2.75) is 36.5 Å². The Morgan fingerprint density at radius 1 is 1.21 bits per heavy atom. The Labute approximate surface area is 175 Å². The zero-order valence-electron chi connectivity index (χ0n) is 16.7. The van der Waals surface area contributed by atoms with Crippen molar-refractivity contribution in [3.8, 4) is 16.9 Å². The summed E-state index contributed by atoms with van der Waals surface area (Å²) in [5.74, 6) is 0.148. The van der Waals surface area contributed by atoms with E-state index in [0.29, 0.717) is 12.4 Å². The Morgan fingerprint density at radius 2 is 1.86 bits per heavy atom. The quantitative estimate of drug-likeness (QED) is 0.744. The molecule has 0 radical (unpaired) electrons. The van der Waals surface area contributed by atoms with Crippen molar-refractivity contribution in [3.63, 3.8) is 0 Å². The Kier molecular flexibility index (Phi) is 6.26. The van der Waals surface area contributed by atoms with E-state index in [2.05, 4.69) is 0 Å². The minimum atomic E-state index is -3.94. The van der Waals surface area contributed by atoms with Gasteiger partial charge in [-0.25, -0.2) is 8.42 Å². The first-order valence-corrected chi connectivity index (χ1v) is 11.8. The first-order valence-electron chi connectivity index (χ1n) is 9.39. The molecule has 0 aliphatic carbocycles. The average molecular weight is 436 g/mol. The standard InChI is InChI=1S/C21H25NO5S2/c1-4-27-18-8-6-5-7-17(18)15-9-11-16(12-10-15)29(25,26)22-13-14-28-21(2,3)19(22)20(23)24/h5-12,19H,4,13-14H2,1-3H3,(H,23,24)/t19-/m0/s1. The summed E-state index contributed by atoms with van der Waals surface area (Å²) in [6, 6.07) is 13.0. The summed E-state index contributed by atoms with van der Waals surface area (Å²) < 4.78 is 32.5. The molecule has 1 aliphatic heterocycles. The number of ether oxygens (including phenoxy) is 1. The monoisotopic (exact) mass is 435 g/mol. The molecule has 1 aliphatic rings. The van der Waals surface area contributed by atoms with E-state index in [1.54, 1.807) is 26.0 Å². The van der Waals surface area contributed by atoms with Crippen LogP contribution in [0.5, 0.6) is 5.75 Å². The second-order valence-corrected chi connectivity index (χ2v) is 10.9. The maximum Gasteiger partial charge on any atom is 0.323 e. The van der Waals surface area contributed by atoms with Gasteiger partial charge in [0.15, 0.2) is 0 Å². The van der Waals surface area contributed by atoms with Gasteiger partial charge >= 0.3 is 5.97 Å². The lowest BCUT2D eigenvalue weighted by atomic mass is 10.0. The van der Waals surface area contributed by atoms with E-state index in [1.807, 2.05) is 31.2 Å². The van der Waals surface area contributed by atoms with Crippen LogP contribution in [0, 0.1) is 0 Å². The molecule has 1 heterocycles. The summed E-state index contributed by atoms with van der Waals surface area (Å²) in [6.07, 6.45) is 0. The number of benzene rings is 2. The highest BCUT2D eigenvalue weighted by molar-refractivity contribution is 8.00. The number of carboxylic acid groups (broad SMARTS) is 1. The summed E-state index contributed by atoms with van der Waals surface area (Å²) in [4.78, 5) is 12.0. The molecule has 29 heavy (non-hydrogen) atoms. The van der Waals surface area contributed by atoms with E-state index in [4.69, 9.17) is 4.74 Å². The largest absolute Gasteiger partial charge is 0.493 e. The Bertz CT molecular complexity index is 986. The molecule has 1 atom stereocenters. The third kappa shape index (κ3) is 4.29. The summed E-state index contributed by atoms with van der Waals surface area (Å²) in [5.41, 5.74) is 1.70. The topological polar surface area (TPSA) is 83.9 Å². The van der Waals surface area contributed by atoms with Crippen LogP contribution in [0.15, 0.2) is 53.4 Å². The molecule has 0 bridgehead atoms. The van der Waals surface area contributed by atoms with Crippen molar-refractivity contribution in [1.82, 2.24) is 4.31 Å². The van der Waals surface area contributed by atoms with E-state index in [9.17, 15) is 18.3 Å². The lowest BCUT2D eigenvalue weighted by molar-refractivity contribution is -0.142. The number of hydrogen-bond acceptors (Lipinski definition) is 5. The Balaban J connectivity index is 1.96. The second-order valence-electron chi connectivity index (χ2n) is 7.26. The number of para-hydroxylation sites is 1. The summed E-state index contributed by atoms with van der Waals surface area (Å²) >= 11 is 1.48. The van der Waals surface area contributed by atoms with Crippen molar-refractivity contribution in [2.75, 3.05) is 18.9 Å². The molecule has 0 amide bonds. The number of thioether (sulfide) groups is 1. The average Bonchev–Trinajstić information content (AvgIpc) is 2.67. The highest BCUT2D eigenvalue weighted by Gasteiger charge is 2.48. The van der Waals surface area contributed by atoms with Crippen LogP contribution in [0.4, 0.5) is 0 Å². The molecule has 3 rings (SSSR count). The van der Waals surface area contributed by atoms with Crippen LogP contribution in [0.2, 0.25) is 0 Å². The minimum absolute atomic E-state index is 0.0871. The van der Waals surface area contributed by atoms with Crippen LogP contribution < -0.4 is 4.74 Å². The Morgan fingerprint density at radius 3 is 2.48 bits per heavy atom. The number of carboxylic acids is 1. The molecule has 8 heteroatoms. The van der Waals surface area contributed by atoms with Crippen LogP contribution in [-0.4, -0.2) is 53.5 Å². The fraction of sp³-hybridized carbons (Fsp3) is 0.381. The van der Waals surface area contributed by atoms with E-state index in [-0.39, 0.29) is 11.4 Å². The molecule has 156 valence electrons. The SMILES string of the molecule is CCOc1ccccc1-c1ccc(S(=O)(=O)N2CCSC(C)(C)[C@@H]2C(=O)O)cc1. The first kappa shape index (κ1) is 21.7.